The number of aliphatic imine (C=N–C) groups is 1. The summed E-state index contributed by atoms with van der Waals surface area (Å²) in [6.45, 7) is -0.185. The molecule has 0 aliphatic rings. The first-order valence-corrected chi connectivity index (χ1v) is 9.38. The Morgan fingerprint density at radius 2 is 1.90 bits per heavy atom. The zero-order chi connectivity index (χ0) is 21.2. The molecule has 0 radical (unpaired) electrons. The molecule has 0 saturated carbocycles. The van der Waals surface area contributed by atoms with E-state index >= 15 is 0 Å². The van der Waals surface area contributed by atoms with Gasteiger partial charge in [-0.05, 0) is 42.8 Å². The van der Waals surface area contributed by atoms with Crippen LogP contribution >= 0.6 is 11.6 Å². The van der Waals surface area contributed by atoms with Crippen LogP contribution in [0.4, 0.5) is 8.78 Å². The van der Waals surface area contributed by atoms with Crippen LogP contribution < -0.4 is 20.1 Å². The lowest BCUT2D eigenvalue weighted by atomic mass is 10.1. The lowest BCUT2D eigenvalue weighted by Crippen LogP contribution is -2.39. The molecule has 0 aromatic heterocycles. The Balaban J connectivity index is 2.09. The summed E-state index contributed by atoms with van der Waals surface area (Å²) in [5, 5.41) is 17.0. The molecule has 6 nitrogen and oxygen atoms in total. The molecule has 3 N–H and O–H groups in total. The van der Waals surface area contributed by atoms with Gasteiger partial charge in [-0.1, -0.05) is 23.7 Å². The van der Waals surface area contributed by atoms with Crippen LogP contribution in [-0.4, -0.2) is 37.9 Å². The van der Waals surface area contributed by atoms with Crippen LogP contribution in [0.15, 0.2) is 47.5 Å². The van der Waals surface area contributed by atoms with Crippen molar-refractivity contribution in [2.75, 3.05) is 20.2 Å². The number of guanidine groups is 1. The van der Waals surface area contributed by atoms with E-state index in [1.165, 1.54) is 19.2 Å². The fraction of sp³-hybridized carbons (Fsp3) is 0.350. The summed E-state index contributed by atoms with van der Waals surface area (Å²) in [5.41, 5.74) is 1.15. The van der Waals surface area contributed by atoms with E-state index in [1.54, 1.807) is 30.3 Å². The summed E-state index contributed by atoms with van der Waals surface area (Å²) < 4.78 is 35.0. The van der Waals surface area contributed by atoms with Crippen molar-refractivity contribution in [3.05, 3.63) is 58.6 Å². The van der Waals surface area contributed by atoms with Gasteiger partial charge in [-0.15, -0.1) is 0 Å². The molecule has 0 aliphatic carbocycles. The number of methoxy groups -OCH3 is 1. The van der Waals surface area contributed by atoms with Crippen molar-refractivity contribution in [3.63, 3.8) is 0 Å². The normalized spacial score (nSPS) is 12.6. The summed E-state index contributed by atoms with van der Waals surface area (Å²) >= 11 is 5.86. The van der Waals surface area contributed by atoms with Gasteiger partial charge in [0, 0.05) is 23.7 Å². The smallest absolute Gasteiger partial charge is 0.387 e. The van der Waals surface area contributed by atoms with Gasteiger partial charge in [-0.25, -0.2) is 4.99 Å². The van der Waals surface area contributed by atoms with Gasteiger partial charge in [-0.2, -0.15) is 8.78 Å². The number of nitrogens with one attached hydrogen (secondary N) is 2. The Labute approximate surface area is 173 Å². The Bertz CT molecular complexity index is 804. The van der Waals surface area contributed by atoms with Crippen LogP contribution in [0.5, 0.6) is 11.5 Å². The second-order valence-electron chi connectivity index (χ2n) is 6.00. The van der Waals surface area contributed by atoms with Crippen LogP contribution in [-0.2, 0) is 6.54 Å². The van der Waals surface area contributed by atoms with Crippen LogP contribution in [0.3, 0.4) is 0 Å². The lowest BCUT2D eigenvalue weighted by Gasteiger charge is -2.16. The van der Waals surface area contributed by atoms with Crippen molar-refractivity contribution < 1.29 is 23.4 Å². The molecular weight excluding hydrogens is 404 g/mol. The van der Waals surface area contributed by atoms with Gasteiger partial charge in [0.05, 0.1) is 19.8 Å². The van der Waals surface area contributed by atoms with Crippen LogP contribution in [0, 0.1) is 0 Å². The Morgan fingerprint density at radius 3 is 2.52 bits per heavy atom. The van der Waals surface area contributed by atoms with Crippen molar-refractivity contribution in [1.29, 1.82) is 0 Å². The Morgan fingerprint density at radius 1 is 1.17 bits per heavy atom. The maximum atomic E-state index is 12.6. The zero-order valence-electron chi connectivity index (χ0n) is 16.2. The minimum atomic E-state index is -2.94. The quantitative estimate of drug-likeness (QED) is 0.420. The van der Waals surface area contributed by atoms with Crippen LogP contribution in [0.2, 0.25) is 5.02 Å². The molecule has 2 aromatic carbocycles. The van der Waals surface area contributed by atoms with E-state index in [0.717, 1.165) is 0 Å². The average Bonchev–Trinajstić information content (AvgIpc) is 2.70. The number of rotatable bonds is 9. The summed E-state index contributed by atoms with van der Waals surface area (Å²) in [7, 11) is 1.49. The van der Waals surface area contributed by atoms with Crippen molar-refractivity contribution in [3.8, 4) is 11.5 Å². The number of halogens is 3. The molecule has 158 valence electrons. The average molecular weight is 428 g/mol. The lowest BCUT2D eigenvalue weighted by molar-refractivity contribution is -0.0504. The van der Waals surface area contributed by atoms with Crippen molar-refractivity contribution in [1.82, 2.24) is 10.6 Å². The fourth-order valence-electron chi connectivity index (χ4n) is 2.52. The first-order valence-electron chi connectivity index (χ1n) is 9.00. The fourth-order valence-corrected chi connectivity index (χ4v) is 2.65. The SMILES string of the molecule is CCNC(=NCc1cc(OC)ccc1OC(F)F)NCC(O)c1ccc(Cl)cc1. The molecule has 29 heavy (non-hydrogen) atoms. The minimum absolute atomic E-state index is 0.0293. The Kier molecular flexibility index (Phi) is 8.95. The number of hydrogen-bond acceptors (Lipinski definition) is 4. The maximum absolute atomic E-state index is 12.6. The van der Waals surface area contributed by atoms with Gasteiger partial charge in [-0.3, -0.25) is 0 Å². The third-order valence-electron chi connectivity index (χ3n) is 3.95. The van der Waals surface area contributed by atoms with E-state index in [2.05, 4.69) is 20.4 Å². The molecule has 0 spiro atoms. The second kappa shape index (κ2) is 11.4. The molecule has 0 fully saturated rings. The monoisotopic (exact) mass is 427 g/mol. The first-order chi connectivity index (χ1) is 13.9. The summed E-state index contributed by atoms with van der Waals surface area (Å²) in [5.74, 6) is 0.959. The van der Waals surface area contributed by atoms with Gasteiger partial charge in [0.2, 0.25) is 0 Å². The predicted octanol–water partition coefficient (Wildman–Crippen LogP) is 3.74. The highest BCUT2D eigenvalue weighted by Gasteiger charge is 2.12. The van der Waals surface area contributed by atoms with Crippen LogP contribution in [0.1, 0.15) is 24.2 Å². The van der Waals surface area contributed by atoms with Gasteiger partial charge in [0.1, 0.15) is 11.5 Å². The van der Waals surface area contributed by atoms with Crippen molar-refractivity contribution in [2.45, 2.75) is 26.2 Å². The van der Waals surface area contributed by atoms with Gasteiger partial charge >= 0.3 is 6.61 Å². The van der Waals surface area contributed by atoms with E-state index in [4.69, 9.17) is 16.3 Å². The van der Waals surface area contributed by atoms with Gasteiger partial charge < -0.3 is 25.2 Å². The van der Waals surface area contributed by atoms with Gasteiger partial charge in [0.25, 0.3) is 0 Å². The second-order valence-corrected chi connectivity index (χ2v) is 6.43. The van der Waals surface area contributed by atoms with Crippen molar-refractivity contribution in [2.24, 2.45) is 4.99 Å². The number of ether oxygens (including phenoxy) is 2. The topological polar surface area (TPSA) is 75.1 Å². The molecule has 0 saturated heterocycles. The number of benzene rings is 2. The summed E-state index contributed by atoms with van der Waals surface area (Å²) in [6.07, 6.45) is -0.773. The molecule has 1 atom stereocenters. The Hall–Kier alpha value is -2.58. The van der Waals surface area contributed by atoms with Crippen LogP contribution in [0.25, 0.3) is 0 Å². The first kappa shape index (κ1) is 22.7. The molecule has 0 bridgehead atoms. The molecule has 0 heterocycles. The highest BCUT2D eigenvalue weighted by Crippen LogP contribution is 2.26. The molecule has 0 amide bonds. The van der Waals surface area contributed by atoms with E-state index in [0.29, 0.717) is 34.4 Å². The van der Waals surface area contributed by atoms with E-state index in [9.17, 15) is 13.9 Å². The standard InChI is InChI=1S/C20H24ClF2N3O3/c1-3-24-20(26-12-17(27)13-4-6-15(21)7-5-13)25-11-14-10-16(28-2)8-9-18(14)29-19(22)23/h4-10,17,19,27H,3,11-12H2,1-2H3,(H2,24,25,26). The van der Waals surface area contributed by atoms with E-state index in [1.807, 2.05) is 6.92 Å². The number of hydrogen-bond donors (Lipinski definition) is 3. The van der Waals surface area contributed by atoms with E-state index < -0.39 is 12.7 Å². The number of nitrogens with zero attached hydrogens (tertiary/aromatic N) is 1. The van der Waals surface area contributed by atoms with Crippen molar-refractivity contribution >= 4 is 17.6 Å². The molecule has 0 aliphatic heterocycles. The highest BCUT2D eigenvalue weighted by molar-refractivity contribution is 6.30. The molecule has 2 rings (SSSR count). The third kappa shape index (κ3) is 7.40. The minimum Gasteiger partial charge on any atom is -0.497 e. The summed E-state index contributed by atoms with van der Waals surface area (Å²) in [6, 6.07) is 11.4. The maximum Gasteiger partial charge on any atom is 0.387 e. The summed E-state index contributed by atoms with van der Waals surface area (Å²) in [4.78, 5) is 4.39. The van der Waals surface area contributed by atoms with E-state index in [-0.39, 0.29) is 18.8 Å². The number of alkyl halides is 2. The molecule has 9 heteroatoms. The zero-order valence-corrected chi connectivity index (χ0v) is 16.9. The third-order valence-corrected chi connectivity index (χ3v) is 4.21. The largest absolute Gasteiger partial charge is 0.497 e. The van der Waals surface area contributed by atoms with Gasteiger partial charge in [0.15, 0.2) is 5.96 Å². The molecular formula is C20H24ClF2N3O3. The predicted molar refractivity (Wildman–Crippen MR) is 109 cm³/mol. The molecule has 2 aromatic rings. The highest BCUT2D eigenvalue weighted by atomic mass is 35.5. The number of aliphatic hydroxyl groups excluding tert-OH is 1. The molecule has 1 unspecified atom stereocenters. The number of aliphatic hydroxyl groups is 1.